The Hall–Kier alpha value is -1.75. The van der Waals surface area contributed by atoms with Gasteiger partial charge in [0.15, 0.2) is 5.78 Å². The van der Waals surface area contributed by atoms with Gasteiger partial charge in [-0.3, -0.25) is 9.59 Å². The lowest BCUT2D eigenvalue weighted by Crippen LogP contribution is -2.50. The number of carbonyl (C=O) groups is 2. The van der Waals surface area contributed by atoms with Crippen LogP contribution in [-0.2, 0) is 4.79 Å². The maximum atomic E-state index is 12.8. The van der Waals surface area contributed by atoms with Crippen molar-refractivity contribution in [3.8, 4) is 0 Å². The van der Waals surface area contributed by atoms with Crippen LogP contribution in [0.5, 0.6) is 0 Å². The predicted molar refractivity (Wildman–Crippen MR) is 92.3 cm³/mol. The highest BCUT2D eigenvalue weighted by molar-refractivity contribution is 6.00. The Kier molecular flexibility index (Phi) is 8.05. The molecule has 2 atom stereocenters. The molecule has 1 saturated carbocycles. The lowest BCUT2D eigenvalue weighted by molar-refractivity contribution is -0.144. The Bertz CT molecular complexity index is 544. The SMILES string of the molecule is CC1CCC[C@](O)(C(=O)NCC(=O)c2ccc(F)cc2)C1.CCC. The predicted octanol–water partition coefficient (Wildman–Crippen LogP) is 3.48. The number of benzene rings is 1. The number of carbonyl (C=O) groups excluding carboxylic acids is 2. The van der Waals surface area contributed by atoms with Gasteiger partial charge in [0.2, 0.25) is 0 Å². The molecule has 0 saturated heterocycles. The minimum Gasteiger partial charge on any atom is -0.380 e. The average Bonchev–Trinajstić information content (AvgIpc) is 2.53. The topological polar surface area (TPSA) is 66.4 Å². The summed E-state index contributed by atoms with van der Waals surface area (Å²) in [5.41, 5.74) is -1.04. The van der Waals surface area contributed by atoms with Crippen LogP contribution in [0.15, 0.2) is 24.3 Å². The van der Waals surface area contributed by atoms with Crippen LogP contribution in [0.1, 0.15) is 63.2 Å². The van der Waals surface area contributed by atoms with Crippen molar-refractivity contribution >= 4 is 11.7 Å². The molecule has 4 nitrogen and oxygen atoms in total. The summed E-state index contributed by atoms with van der Waals surface area (Å²) in [4.78, 5) is 24.0. The fraction of sp³-hybridized carbons (Fsp3) is 0.579. The molecule has 0 bridgehead atoms. The normalized spacial score (nSPS) is 23.0. The molecule has 134 valence electrons. The molecule has 1 aliphatic carbocycles. The summed E-state index contributed by atoms with van der Waals surface area (Å²) >= 11 is 0. The van der Waals surface area contributed by atoms with Gasteiger partial charge in [0, 0.05) is 5.56 Å². The van der Waals surface area contributed by atoms with Gasteiger partial charge in [-0.15, -0.1) is 0 Å². The Morgan fingerprint density at radius 1 is 1.29 bits per heavy atom. The number of ketones is 1. The van der Waals surface area contributed by atoms with Crippen LogP contribution in [0.4, 0.5) is 4.39 Å². The van der Waals surface area contributed by atoms with Crippen molar-refractivity contribution in [1.82, 2.24) is 5.32 Å². The molecular weight excluding hydrogens is 309 g/mol. The van der Waals surface area contributed by atoms with Gasteiger partial charge in [0.05, 0.1) is 6.54 Å². The van der Waals surface area contributed by atoms with Crippen molar-refractivity contribution in [2.45, 2.75) is 58.5 Å². The highest BCUT2D eigenvalue weighted by atomic mass is 19.1. The molecule has 1 fully saturated rings. The Labute approximate surface area is 143 Å². The number of nitrogens with one attached hydrogen (secondary N) is 1. The van der Waals surface area contributed by atoms with Crippen LogP contribution in [0.2, 0.25) is 0 Å². The number of hydrogen-bond acceptors (Lipinski definition) is 3. The number of Topliss-reactive ketones (excluding diaryl/α,β-unsaturated/α-hetero) is 1. The zero-order chi connectivity index (χ0) is 18.2. The molecule has 1 unspecified atom stereocenters. The number of aliphatic hydroxyl groups is 1. The van der Waals surface area contributed by atoms with Gasteiger partial charge in [-0.1, -0.05) is 33.6 Å². The molecule has 0 aliphatic heterocycles. The molecule has 2 rings (SSSR count). The van der Waals surface area contributed by atoms with Crippen molar-refractivity contribution in [3.63, 3.8) is 0 Å². The summed E-state index contributed by atoms with van der Waals surface area (Å²) in [6.07, 6.45) is 3.90. The van der Waals surface area contributed by atoms with E-state index < -0.39 is 17.3 Å². The van der Waals surface area contributed by atoms with Gasteiger partial charge in [-0.25, -0.2) is 4.39 Å². The van der Waals surface area contributed by atoms with E-state index in [1.54, 1.807) is 0 Å². The van der Waals surface area contributed by atoms with E-state index in [0.29, 0.717) is 24.3 Å². The first-order valence-electron chi connectivity index (χ1n) is 8.61. The fourth-order valence-corrected chi connectivity index (χ4v) is 2.79. The van der Waals surface area contributed by atoms with Gasteiger partial charge in [-0.05, 0) is 49.4 Å². The van der Waals surface area contributed by atoms with Gasteiger partial charge >= 0.3 is 0 Å². The van der Waals surface area contributed by atoms with E-state index >= 15 is 0 Å². The second kappa shape index (κ2) is 9.52. The van der Waals surface area contributed by atoms with E-state index in [4.69, 9.17) is 0 Å². The first kappa shape index (κ1) is 20.3. The van der Waals surface area contributed by atoms with Crippen molar-refractivity contribution < 1.29 is 19.1 Å². The third-order valence-corrected chi connectivity index (χ3v) is 3.97. The van der Waals surface area contributed by atoms with Crippen LogP contribution in [0.3, 0.4) is 0 Å². The van der Waals surface area contributed by atoms with E-state index in [1.165, 1.54) is 30.7 Å². The maximum Gasteiger partial charge on any atom is 0.252 e. The van der Waals surface area contributed by atoms with E-state index in [0.717, 1.165) is 12.8 Å². The van der Waals surface area contributed by atoms with E-state index in [9.17, 15) is 19.1 Å². The Balaban J connectivity index is 0.000000891. The first-order valence-corrected chi connectivity index (χ1v) is 8.61. The molecule has 5 heteroatoms. The average molecular weight is 337 g/mol. The Morgan fingerprint density at radius 2 is 1.88 bits per heavy atom. The summed E-state index contributed by atoms with van der Waals surface area (Å²) in [7, 11) is 0. The number of hydrogen-bond donors (Lipinski definition) is 2. The number of amides is 1. The molecule has 0 aromatic heterocycles. The van der Waals surface area contributed by atoms with Gasteiger partial charge in [-0.2, -0.15) is 0 Å². The molecule has 1 amide bonds. The zero-order valence-corrected chi connectivity index (χ0v) is 14.8. The summed E-state index contributed by atoms with van der Waals surface area (Å²) in [5.74, 6) is -0.927. The Morgan fingerprint density at radius 3 is 2.42 bits per heavy atom. The van der Waals surface area contributed by atoms with Crippen molar-refractivity contribution in [3.05, 3.63) is 35.6 Å². The number of halogens is 1. The van der Waals surface area contributed by atoms with Crippen LogP contribution in [0.25, 0.3) is 0 Å². The minimum atomic E-state index is -1.37. The van der Waals surface area contributed by atoms with Crippen LogP contribution in [0, 0.1) is 11.7 Å². The lowest BCUT2D eigenvalue weighted by atomic mass is 9.78. The third kappa shape index (κ3) is 6.04. The second-order valence-corrected chi connectivity index (χ2v) is 6.55. The summed E-state index contributed by atoms with van der Waals surface area (Å²) in [5, 5.41) is 12.9. The summed E-state index contributed by atoms with van der Waals surface area (Å²) in [6.45, 7) is 6.06. The smallest absolute Gasteiger partial charge is 0.252 e. The summed E-state index contributed by atoms with van der Waals surface area (Å²) < 4.78 is 12.8. The largest absolute Gasteiger partial charge is 0.380 e. The minimum absolute atomic E-state index is 0.193. The van der Waals surface area contributed by atoms with Gasteiger partial charge in [0.25, 0.3) is 5.91 Å². The first-order chi connectivity index (χ1) is 11.3. The molecule has 0 heterocycles. The lowest BCUT2D eigenvalue weighted by Gasteiger charge is -2.34. The van der Waals surface area contributed by atoms with Crippen LogP contribution < -0.4 is 5.32 Å². The molecule has 1 aliphatic rings. The molecule has 0 spiro atoms. The second-order valence-electron chi connectivity index (χ2n) is 6.55. The molecule has 1 aromatic rings. The van der Waals surface area contributed by atoms with E-state index in [2.05, 4.69) is 19.2 Å². The molecule has 1 aromatic carbocycles. The third-order valence-electron chi connectivity index (χ3n) is 3.97. The molecule has 2 N–H and O–H groups in total. The highest BCUT2D eigenvalue weighted by Gasteiger charge is 2.39. The number of rotatable bonds is 4. The quantitative estimate of drug-likeness (QED) is 0.827. The highest BCUT2D eigenvalue weighted by Crippen LogP contribution is 2.32. The maximum absolute atomic E-state index is 12.8. The monoisotopic (exact) mass is 337 g/mol. The van der Waals surface area contributed by atoms with Crippen molar-refractivity contribution in [1.29, 1.82) is 0 Å². The van der Waals surface area contributed by atoms with Gasteiger partial charge in [0.1, 0.15) is 11.4 Å². The molecule has 0 radical (unpaired) electrons. The van der Waals surface area contributed by atoms with E-state index in [-0.39, 0.29) is 12.3 Å². The molecular formula is C19H28FNO3. The van der Waals surface area contributed by atoms with Gasteiger partial charge < -0.3 is 10.4 Å². The fourth-order valence-electron chi connectivity index (χ4n) is 2.79. The standard InChI is InChI=1S/C16H20FNO3.C3H8/c1-11-3-2-8-16(21,9-11)15(20)18-10-14(19)12-4-6-13(17)7-5-12;1-3-2/h4-7,11,21H,2-3,8-10H2,1H3,(H,18,20);3H2,1-2H3/t11?,16-;/m1./s1. The summed E-state index contributed by atoms with van der Waals surface area (Å²) in [6, 6.07) is 5.15. The van der Waals surface area contributed by atoms with E-state index in [1.807, 2.05) is 6.92 Å². The van der Waals surface area contributed by atoms with Crippen LogP contribution in [-0.4, -0.2) is 28.9 Å². The van der Waals surface area contributed by atoms with Crippen molar-refractivity contribution in [2.75, 3.05) is 6.54 Å². The van der Waals surface area contributed by atoms with Crippen LogP contribution >= 0.6 is 0 Å². The molecule has 24 heavy (non-hydrogen) atoms. The van der Waals surface area contributed by atoms with Crippen molar-refractivity contribution in [2.24, 2.45) is 5.92 Å². The zero-order valence-electron chi connectivity index (χ0n) is 14.8.